The Bertz CT molecular complexity index is 434. The Labute approximate surface area is 121 Å². The highest BCUT2D eigenvalue weighted by molar-refractivity contribution is 7.80. The summed E-state index contributed by atoms with van der Waals surface area (Å²) in [7, 11) is 0. The molecule has 0 saturated heterocycles. The van der Waals surface area contributed by atoms with Crippen molar-refractivity contribution in [2.45, 2.75) is 33.6 Å². The third kappa shape index (κ3) is 4.10. The Morgan fingerprint density at radius 2 is 1.74 bits per heavy atom. The zero-order chi connectivity index (χ0) is 14.4. The highest BCUT2D eigenvalue weighted by Crippen LogP contribution is 2.33. The van der Waals surface area contributed by atoms with E-state index in [-0.39, 0.29) is 11.8 Å². The van der Waals surface area contributed by atoms with E-state index in [2.05, 4.69) is 6.92 Å². The summed E-state index contributed by atoms with van der Waals surface area (Å²) in [6.07, 6.45) is 0. The summed E-state index contributed by atoms with van der Waals surface area (Å²) in [4.78, 5) is 0.541. The first-order chi connectivity index (χ1) is 9.01. The van der Waals surface area contributed by atoms with Gasteiger partial charge in [0.25, 0.3) is 0 Å². The molecule has 0 radical (unpaired) electrons. The van der Waals surface area contributed by atoms with E-state index in [1.807, 2.05) is 39.0 Å². The van der Waals surface area contributed by atoms with Crippen LogP contribution in [0.1, 0.15) is 39.2 Å². The lowest BCUT2D eigenvalue weighted by atomic mass is 9.89. The predicted molar refractivity (Wildman–Crippen MR) is 83.1 cm³/mol. The van der Waals surface area contributed by atoms with Crippen molar-refractivity contribution in [2.24, 2.45) is 11.7 Å². The Balaban J connectivity index is 3.03. The van der Waals surface area contributed by atoms with Gasteiger partial charge in [-0.15, -0.1) is 0 Å². The molecular weight excluding hydrogens is 258 g/mol. The van der Waals surface area contributed by atoms with Gasteiger partial charge in [0, 0.05) is 5.92 Å². The van der Waals surface area contributed by atoms with Crippen LogP contribution in [-0.4, -0.2) is 18.2 Å². The van der Waals surface area contributed by atoms with Crippen LogP contribution in [0.2, 0.25) is 0 Å². The van der Waals surface area contributed by atoms with E-state index < -0.39 is 0 Å². The summed E-state index contributed by atoms with van der Waals surface area (Å²) in [5, 5.41) is 0. The van der Waals surface area contributed by atoms with E-state index in [4.69, 9.17) is 27.4 Å². The first-order valence-electron chi connectivity index (χ1n) is 6.70. The van der Waals surface area contributed by atoms with E-state index in [1.165, 1.54) is 0 Å². The van der Waals surface area contributed by atoms with E-state index >= 15 is 0 Å². The van der Waals surface area contributed by atoms with E-state index in [0.717, 1.165) is 17.1 Å². The van der Waals surface area contributed by atoms with Gasteiger partial charge in [-0.05, 0) is 37.5 Å². The van der Waals surface area contributed by atoms with Gasteiger partial charge in [-0.3, -0.25) is 0 Å². The van der Waals surface area contributed by atoms with Gasteiger partial charge < -0.3 is 15.2 Å². The predicted octanol–water partition coefficient (Wildman–Crippen LogP) is 3.51. The summed E-state index contributed by atoms with van der Waals surface area (Å²) in [5.41, 5.74) is 6.88. The average Bonchev–Trinajstić information content (AvgIpc) is 2.39. The largest absolute Gasteiger partial charge is 0.490 e. The summed E-state index contributed by atoms with van der Waals surface area (Å²) >= 11 is 5.07. The van der Waals surface area contributed by atoms with Gasteiger partial charge in [0.15, 0.2) is 11.5 Å². The zero-order valence-electron chi connectivity index (χ0n) is 12.1. The van der Waals surface area contributed by atoms with Crippen LogP contribution < -0.4 is 15.2 Å². The Morgan fingerprint density at radius 3 is 2.26 bits per heavy atom. The summed E-state index contributed by atoms with van der Waals surface area (Å²) < 4.78 is 11.2. The lowest BCUT2D eigenvalue weighted by molar-refractivity contribution is 0.287. The standard InChI is InChI=1S/C15H23NO2S/c1-5-17-13-8-7-12(9-14(13)18-6-2)10(3)11(4)15(16)19/h7-11H,5-6H2,1-4H3,(H2,16,19). The number of ether oxygens (including phenoxy) is 2. The van der Waals surface area contributed by atoms with Crippen molar-refractivity contribution in [3.63, 3.8) is 0 Å². The molecule has 0 fully saturated rings. The van der Waals surface area contributed by atoms with Crippen LogP contribution in [0.25, 0.3) is 0 Å². The first-order valence-corrected chi connectivity index (χ1v) is 7.10. The van der Waals surface area contributed by atoms with Gasteiger partial charge in [-0.2, -0.15) is 0 Å². The van der Waals surface area contributed by atoms with Crippen LogP contribution in [0.3, 0.4) is 0 Å². The normalized spacial score (nSPS) is 13.7. The molecule has 0 amide bonds. The molecule has 0 aliphatic carbocycles. The topological polar surface area (TPSA) is 44.5 Å². The molecule has 19 heavy (non-hydrogen) atoms. The number of hydrogen-bond donors (Lipinski definition) is 1. The van der Waals surface area contributed by atoms with Crippen LogP contribution in [0, 0.1) is 5.92 Å². The van der Waals surface area contributed by atoms with E-state index in [9.17, 15) is 0 Å². The molecule has 2 N–H and O–H groups in total. The van der Waals surface area contributed by atoms with Crippen molar-refractivity contribution in [1.29, 1.82) is 0 Å². The van der Waals surface area contributed by atoms with Crippen molar-refractivity contribution in [2.75, 3.05) is 13.2 Å². The third-order valence-electron chi connectivity index (χ3n) is 3.29. The molecule has 4 heteroatoms. The maximum atomic E-state index is 5.72. The fraction of sp³-hybridized carbons (Fsp3) is 0.533. The maximum absolute atomic E-state index is 5.72. The molecule has 3 nitrogen and oxygen atoms in total. The van der Waals surface area contributed by atoms with Gasteiger partial charge >= 0.3 is 0 Å². The van der Waals surface area contributed by atoms with Crippen molar-refractivity contribution in [3.8, 4) is 11.5 Å². The first kappa shape index (κ1) is 15.8. The second kappa shape index (κ2) is 7.34. The molecule has 0 bridgehead atoms. The molecule has 0 aliphatic rings. The summed E-state index contributed by atoms with van der Waals surface area (Å²) in [6.45, 7) is 9.32. The molecule has 1 aromatic carbocycles. The quantitative estimate of drug-likeness (QED) is 0.777. The van der Waals surface area contributed by atoms with Gasteiger partial charge in [-0.1, -0.05) is 32.1 Å². The van der Waals surface area contributed by atoms with Crippen molar-refractivity contribution in [1.82, 2.24) is 0 Å². The molecule has 1 aromatic rings. The fourth-order valence-corrected chi connectivity index (χ4v) is 2.09. The Kier molecular flexibility index (Phi) is 6.09. The Hall–Kier alpha value is -1.29. The van der Waals surface area contributed by atoms with Crippen LogP contribution in [0.5, 0.6) is 11.5 Å². The number of hydrogen-bond acceptors (Lipinski definition) is 3. The zero-order valence-corrected chi connectivity index (χ0v) is 12.9. The highest BCUT2D eigenvalue weighted by atomic mass is 32.1. The van der Waals surface area contributed by atoms with Gasteiger partial charge in [0.2, 0.25) is 0 Å². The minimum absolute atomic E-state index is 0.155. The van der Waals surface area contributed by atoms with Crippen LogP contribution in [0.15, 0.2) is 18.2 Å². The van der Waals surface area contributed by atoms with Gasteiger partial charge in [0.05, 0.1) is 18.2 Å². The molecule has 2 unspecified atom stereocenters. The maximum Gasteiger partial charge on any atom is 0.161 e. The Morgan fingerprint density at radius 1 is 1.16 bits per heavy atom. The van der Waals surface area contributed by atoms with Crippen molar-refractivity contribution < 1.29 is 9.47 Å². The number of benzene rings is 1. The number of nitrogens with two attached hydrogens (primary N) is 1. The summed E-state index contributed by atoms with van der Waals surface area (Å²) in [6, 6.07) is 6.02. The SMILES string of the molecule is CCOc1ccc(C(C)C(C)C(N)=S)cc1OCC. The molecule has 0 heterocycles. The lowest BCUT2D eigenvalue weighted by Crippen LogP contribution is -2.23. The van der Waals surface area contributed by atoms with Crippen molar-refractivity contribution >= 4 is 17.2 Å². The molecule has 0 saturated carbocycles. The molecule has 106 valence electrons. The summed E-state index contributed by atoms with van der Waals surface area (Å²) in [5.74, 6) is 1.97. The van der Waals surface area contributed by atoms with Crippen LogP contribution in [-0.2, 0) is 0 Å². The average molecular weight is 281 g/mol. The molecule has 0 aromatic heterocycles. The molecule has 0 aliphatic heterocycles. The molecular formula is C15H23NO2S. The third-order valence-corrected chi connectivity index (χ3v) is 3.66. The van der Waals surface area contributed by atoms with Crippen LogP contribution >= 0.6 is 12.2 Å². The second-order valence-electron chi connectivity index (χ2n) is 4.55. The van der Waals surface area contributed by atoms with Gasteiger partial charge in [-0.25, -0.2) is 0 Å². The fourth-order valence-electron chi connectivity index (χ4n) is 1.89. The van der Waals surface area contributed by atoms with E-state index in [0.29, 0.717) is 18.2 Å². The van der Waals surface area contributed by atoms with Gasteiger partial charge in [0.1, 0.15) is 0 Å². The molecule has 2 atom stereocenters. The van der Waals surface area contributed by atoms with Crippen molar-refractivity contribution in [3.05, 3.63) is 23.8 Å². The molecule has 1 rings (SSSR count). The van der Waals surface area contributed by atoms with E-state index in [1.54, 1.807) is 0 Å². The minimum atomic E-state index is 0.155. The smallest absolute Gasteiger partial charge is 0.161 e. The second-order valence-corrected chi connectivity index (χ2v) is 5.02. The minimum Gasteiger partial charge on any atom is -0.490 e. The monoisotopic (exact) mass is 281 g/mol. The highest BCUT2D eigenvalue weighted by Gasteiger charge is 2.18. The lowest BCUT2D eigenvalue weighted by Gasteiger charge is -2.20. The number of thiocarbonyl (C=S) groups is 1. The number of rotatable bonds is 7. The van der Waals surface area contributed by atoms with Crippen LogP contribution in [0.4, 0.5) is 0 Å². The molecule has 0 spiro atoms.